The lowest BCUT2D eigenvalue weighted by atomic mass is 10.1. The normalized spacial score (nSPS) is 11.7. The Bertz CT molecular complexity index is 1070. The van der Waals surface area contributed by atoms with Crippen molar-refractivity contribution in [2.24, 2.45) is 7.05 Å². The van der Waals surface area contributed by atoms with Crippen LogP contribution in [0.1, 0.15) is 0 Å². The second-order valence-electron chi connectivity index (χ2n) is 5.08. The molecule has 0 amide bonds. The first-order chi connectivity index (χ1) is 10.1. The molecule has 5 nitrogen and oxygen atoms in total. The Morgan fingerprint density at radius 3 is 2.71 bits per heavy atom. The predicted molar refractivity (Wildman–Crippen MR) is 79.3 cm³/mol. The van der Waals surface area contributed by atoms with E-state index in [1.807, 2.05) is 48.1 Å². The molecule has 0 aliphatic heterocycles. The van der Waals surface area contributed by atoms with Crippen molar-refractivity contribution >= 4 is 27.3 Å². The van der Waals surface area contributed by atoms with E-state index in [4.69, 9.17) is 4.74 Å². The Kier molecular flexibility index (Phi) is 2.19. The third kappa shape index (κ3) is 1.30. The van der Waals surface area contributed by atoms with Crippen molar-refractivity contribution in [1.29, 1.82) is 0 Å². The Morgan fingerprint density at radius 2 is 1.95 bits per heavy atom. The molecule has 0 unspecified atom stereocenters. The molecule has 0 aliphatic rings. The summed E-state index contributed by atoms with van der Waals surface area (Å²) >= 11 is 0. The van der Waals surface area contributed by atoms with Crippen LogP contribution in [0.4, 0.5) is 0 Å². The highest BCUT2D eigenvalue weighted by atomic mass is 16.5. The maximum atomic E-state index is 12.5. The number of pyridine rings is 2. The van der Waals surface area contributed by atoms with Crippen LogP contribution in [0.25, 0.3) is 27.3 Å². The molecule has 1 N–H and O–H groups in total. The van der Waals surface area contributed by atoms with Gasteiger partial charge in [0.2, 0.25) is 11.5 Å². The lowest BCUT2D eigenvalue weighted by Gasteiger charge is -2.06. The molecule has 0 atom stereocenters. The van der Waals surface area contributed by atoms with Crippen molar-refractivity contribution in [2.75, 3.05) is 7.11 Å². The second-order valence-corrected chi connectivity index (χ2v) is 5.08. The van der Waals surface area contributed by atoms with Gasteiger partial charge in [0.25, 0.3) is 5.52 Å². The second kappa shape index (κ2) is 3.85. The van der Waals surface area contributed by atoms with E-state index in [1.54, 1.807) is 4.40 Å². The molecule has 0 aliphatic carbocycles. The van der Waals surface area contributed by atoms with Crippen molar-refractivity contribution < 1.29 is 14.4 Å². The topological polar surface area (TPSA) is 54.8 Å². The SMILES string of the molecule is COc1c(O)c(=O)n2c3ccccc3c3cc[n+](C)c1c32. The summed E-state index contributed by atoms with van der Waals surface area (Å²) in [5.41, 5.74) is 1.78. The first kappa shape index (κ1) is 12.0. The Hall–Kier alpha value is -2.82. The van der Waals surface area contributed by atoms with Gasteiger partial charge in [0.1, 0.15) is 12.6 Å². The van der Waals surface area contributed by atoms with Gasteiger partial charge < -0.3 is 9.84 Å². The van der Waals surface area contributed by atoms with E-state index >= 15 is 0 Å². The summed E-state index contributed by atoms with van der Waals surface area (Å²) in [4.78, 5) is 12.5. The van der Waals surface area contributed by atoms with Gasteiger partial charge in [-0.2, -0.15) is 4.57 Å². The molecular formula is C16H13N2O3+. The molecule has 104 valence electrons. The highest BCUT2D eigenvalue weighted by Crippen LogP contribution is 2.36. The molecule has 0 fully saturated rings. The average molecular weight is 281 g/mol. The van der Waals surface area contributed by atoms with E-state index in [2.05, 4.69) is 0 Å². The van der Waals surface area contributed by atoms with Gasteiger partial charge in [0.15, 0.2) is 6.20 Å². The number of aromatic nitrogens is 2. The van der Waals surface area contributed by atoms with Gasteiger partial charge in [-0.15, -0.1) is 0 Å². The fourth-order valence-electron chi connectivity index (χ4n) is 3.08. The van der Waals surface area contributed by atoms with Crippen molar-refractivity contribution in [3.63, 3.8) is 0 Å². The summed E-state index contributed by atoms with van der Waals surface area (Å²) in [7, 11) is 3.31. The number of ether oxygens (including phenoxy) is 1. The molecule has 1 aromatic carbocycles. The molecule has 0 radical (unpaired) electrons. The van der Waals surface area contributed by atoms with Crippen LogP contribution in [0.15, 0.2) is 41.3 Å². The number of hydrogen-bond acceptors (Lipinski definition) is 3. The number of fused-ring (bicyclic) bond motifs is 3. The number of rotatable bonds is 1. The van der Waals surface area contributed by atoms with Gasteiger partial charge in [-0.25, -0.2) is 0 Å². The van der Waals surface area contributed by atoms with Crippen molar-refractivity contribution in [1.82, 2.24) is 4.40 Å². The number of methoxy groups -OCH3 is 1. The molecule has 3 aromatic heterocycles. The number of benzene rings is 1. The van der Waals surface area contributed by atoms with Gasteiger partial charge in [0.05, 0.1) is 12.6 Å². The maximum absolute atomic E-state index is 12.5. The number of aromatic hydroxyl groups is 1. The summed E-state index contributed by atoms with van der Waals surface area (Å²) in [5.74, 6) is -0.155. The Balaban J connectivity index is 2.51. The standard InChI is InChI=1S/C16H12N2O3/c1-17-8-7-10-9-5-3-4-6-11(9)18-12(10)13(17)15(21-2)14(19)16(18)20/h3-8H,1-2H3/p+1. The highest BCUT2D eigenvalue weighted by Gasteiger charge is 2.26. The number of aryl methyl sites for hydroxylation is 1. The summed E-state index contributed by atoms with van der Waals surface area (Å²) in [5, 5.41) is 12.2. The molecule has 21 heavy (non-hydrogen) atoms. The van der Waals surface area contributed by atoms with Crippen LogP contribution in [-0.2, 0) is 7.05 Å². The van der Waals surface area contributed by atoms with Gasteiger partial charge in [-0.05, 0) is 6.07 Å². The van der Waals surface area contributed by atoms with Crippen LogP contribution in [0.5, 0.6) is 11.5 Å². The Labute approximate surface area is 119 Å². The fraction of sp³-hybridized carbons (Fsp3) is 0.125. The lowest BCUT2D eigenvalue weighted by Crippen LogP contribution is -2.30. The smallest absolute Gasteiger partial charge is 0.302 e. The van der Waals surface area contributed by atoms with Crippen LogP contribution in [0.2, 0.25) is 0 Å². The molecule has 4 aromatic rings. The van der Waals surface area contributed by atoms with E-state index in [1.165, 1.54) is 7.11 Å². The quantitative estimate of drug-likeness (QED) is 0.539. The van der Waals surface area contributed by atoms with E-state index in [0.717, 1.165) is 21.8 Å². The van der Waals surface area contributed by atoms with E-state index in [9.17, 15) is 9.90 Å². The average Bonchev–Trinajstić information content (AvgIpc) is 2.83. The minimum Gasteiger partial charge on any atom is -0.500 e. The van der Waals surface area contributed by atoms with Gasteiger partial charge in [-0.3, -0.25) is 9.20 Å². The van der Waals surface area contributed by atoms with Crippen LogP contribution in [-0.4, -0.2) is 16.6 Å². The predicted octanol–water partition coefficient (Wildman–Crippen LogP) is 1.58. The molecular weight excluding hydrogens is 268 g/mol. The Morgan fingerprint density at radius 1 is 1.19 bits per heavy atom. The van der Waals surface area contributed by atoms with E-state index in [-0.39, 0.29) is 11.5 Å². The zero-order valence-electron chi connectivity index (χ0n) is 11.6. The molecule has 5 heteroatoms. The monoisotopic (exact) mass is 281 g/mol. The number of para-hydroxylation sites is 1. The first-order valence-electron chi connectivity index (χ1n) is 6.59. The largest absolute Gasteiger partial charge is 0.500 e. The van der Waals surface area contributed by atoms with Crippen LogP contribution in [0.3, 0.4) is 0 Å². The summed E-state index contributed by atoms with van der Waals surface area (Å²) in [6, 6.07) is 9.64. The lowest BCUT2D eigenvalue weighted by molar-refractivity contribution is -0.645. The van der Waals surface area contributed by atoms with Crippen LogP contribution >= 0.6 is 0 Å². The van der Waals surface area contributed by atoms with Crippen molar-refractivity contribution in [3.05, 3.63) is 46.9 Å². The number of hydrogen-bond donors (Lipinski definition) is 1. The maximum Gasteiger partial charge on any atom is 0.302 e. The summed E-state index contributed by atoms with van der Waals surface area (Å²) in [6.45, 7) is 0. The third-order valence-electron chi connectivity index (χ3n) is 4.00. The third-order valence-corrected chi connectivity index (χ3v) is 4.00. The van der Waals surface area contributed by atoms with E-state index in [0.29, 0.717) is 5.52 Å². The number of nitrogens with zero attached hydrogens (tertiary/aromatic N) is 2. The van der Waals surface area contributed by atoms with Gasteiger partial charge in [0, 0.05) is 16.8 Å². The van der Waals surface area contributed by atoms with Gasteiger partial charge in [-0.1, -0.05) is 18.2 Å². The highest BCUT2D eigenvalue weighted by molar-refractivity contribution is 6.13. The molecule has 0 saturated carbocycles. The molecule has 4 rings (SSSR count). The minimum absolute atomic E-state index is 0.211. The fourth-order valence-corrected chi connectivity index (χ4v) is 3.08. The first-order valence-corrected chi connectivity index (χ1v) is 6.59. The molecule has 3 heterocycles. The van der Waals surface area contributed by atoms with Gasteiger partial charge >= 0.3 is 5.56 Å². The van der Waals surface area contributed by atoms with Crippen LogP contribution in [0, 0.1) is 0 Å². The molecule has 0 saturated heterocycles. The van der Waals surface area contributed by atoms with Crippen molar-refractivity contribution in [2.45, 2.75) is 0 Å². The molecule has 0 spiro atoms. The van der Waals surface area contributed by atoms with Crippen LogP contribution < -0.4 is 14.9 Å². The minimum atomic E-state index is -0.461. The zero-order valence-corrected chi connectivity index (χ0v) is 11.6. The summed E-state index contributed by atoms with van der Waals surface area (Å²) in [6.07, 6.45) is 1.90. The van der Waals surface area contributed by atoms with E-state index < -0.39 is 5.56 Å². The molecule has 0 bridgehead atoms. The zero-order chi connectivity index (χ0) is 14.7. The summed E-state index contributed by atoms with van der Waals surface area (Å²) < 4.78 is 8.67. The van der Waals surface area contributed by atoms with Crippen molar-refractivity contribution in [3.8, 4) is 11.5 Å².